The Hall–Kier alpha value is -1.73. The molecule has 1 aromatic heterocycles. The SMILES string of the molecule is O=[N+]([O-])c1ccsc1S(=O)(=O)c1ccccc1. The molecule has 1 heterocycles. The molecule has 0 spiro atoms. The fraction of sp³-hybridized carbons (Fsp3) is 0. The van der Waals surface area contributed by atoms with Crippen LogP contribution in [0, 0.1) is 10.1 Å². The molecule has 0 radical (unpaired) electrons. The van der Waals surface area contributed by atoms with E-state index in [1.54, 1.807) is 18.2 Å². The standard InChI is InChI=1S/C10H7NO4S2/c12-11(13)9-6-7-16-10(9)17(14,15)8-4-2-1-3-5-8/h1-7H. The molecule has 0 saturated carbocycles. The molecule has 0 N–H and O–H groups in total. The lowest BCUT2D eigenvalue weighted by Gasteiger charge is -2.00. The molecular weight excluding hydrogens is 262 g/mol. The van der Waals surface area contributed by atoms with Crippen molar-refractivity contribution >= 4 is 26.9 Å². The number of hydrogen-bond donors (Lipinski definition) is 0. The van der Waals surface area contributed by atoms with E-state index in [1.165, 1.54) is 23.6 Å². The van der Waals surface area contributed by atoms with Gasteiger partial charge in [0.15, 0.2) is 0 Å². The molecule has 1 aromatic carbocycles. The van der Waals surface area contributed by atoms with Crippen LogP contribution in [0.4, 0.5) is 5.69 Å². The first-order valence-corrected chi connectivity index (χ1v) is 6.92. The van der Waals surface area contributed by atoms with Crippen LogP contribution in [0.1, 0.15) is 0 Å². The van der Waals surface area contributed by atoms with Gasteiger partial charge in [-0.25, -0.2) is 8.42 Å². The Bertz CT molecular complexity index is 646. The van der Waals surface area contributed by atoms with Crippen LogP contribution in [0.3, 0.4) is 0 Å². The van der Waals surface area contributed by atoms with Crippen LogP contribution in [0.15, 0.2) is 50.9 Å². The maximum Gasteiger partial charge on any atom is 0.299 e. The van der Waals surface area contributed by atoms with Gasteiger partial charge >= 0.3 is 0 Å². The van der Waals surface area contributed by atoms with E-state index in [1.807, 2.05) is 0 Å². The maximum absolute atomic E-state index is 12.1. The number of nitrogens with zero attached hydrogens (tertiary/aromatic N) is 1. The Morgan fingerprint density at radius 3 is 2.35 bits per heavy atom. The third-order valence-corrected chi connectivity index (χ3v) is 5.34. The number of thiophene rings is 1. The van der Waals surface area contributed by atoms with Crippen LogP contribution in [-0.4, -0.2) is 13.3 Å². The van der Waals surface area contributed by atoms with E-state index >= 15 is 0 Å². The highest BCUT2D eigenvalue weighted by Crippen LogP contribution is 2.33. The molecule has 2 rings (SSSR count). The molecule has 5 nitrogen and oxygen atoms in total. The summed E-state index contributed by atoms with van der Waals surface area (Å²) in [6.07, 6.45) is 0. The van der Waals surface area contributed by atoms with Gasteiger partial charge in [-0.05, 0) is 17.5 Å². The summed E-state index contributed by atoms with van der Waals surface area (Å²) in [5.74, 6) is 0. The summed E-state index contributed by atoms with van der Waals surface area (Å²) in [6, 6.07) is 8.86. The Kier molecular flexibility index (Phi) is 2.95. The Morgan fingerprint density at radius 2 is 1.76 bits per heavy atom. The highest BCUT2D eigenvalue weighted by atomic mass is 32.2. The van der Waals surface area contributed by atoms with Crippen molar-refractivity contribution in [2.24, 2.45) is 0 Å². The fourth-order valence-corrected chi connectivity index (χ4v) is 4.03. The van der Waals surface area contributed by atoms with E-state index in [0.29, 0.717) is 0 Å². The lowest BCUT2D eigenvalue weighted by atomic mass is 10.4. The number of nitro groups is 1. The molecule has 0 atom stereocenters. The third-order valence-electron chi connectivity index (χ3n) is 2.10. The zero-order valence-corrected chi connectivity index (χ0v) is 10.1. The first-order chi connectivity index (χ1) is 8.03. The summed E-state index contributed by atoms with van der Waals surface area (Å²) in [5, 5.41) is 12.1. The Balaban J connectivity index is 2.61. The normalized spacial score (nSPS) is 11.3. The van der Waals surface area contributed by atoms with Crippen LogP contribution in [-0.2, 0) is 9.84 Å². The van der Waals surface area contributed by atoms with E-state index in [4.69, 9.17) is 0 Å². The number of benzene rings is 1. The summed E-state index contributed by atoms with van der Waals surface area (Å²) >= 11 is 0.850. The fourth-order valence-electron chi connectivity index (χ4n) is 1.33. The Morgan fingerprint density at radius 1 is 1.12 bits per heavy atom. The second-order valence-corrected chi connectivity index (χ2v) is 6.23. The summed E-state index contributed by atoms with van der Waals surface area (Å²) in [5.41, 5.74) is -0.376. The molecule has 2 aromatic rings. The van der Waals surface area contributed by atoms with Crippen molar-refractivity contribution in [3.63, 3.8) is 0 Å². The van der Waals surface area contributed by atoms with Crippen LogP contribution in [0.5, 0.6) is 0 Å². The van der Waals surface area contributed by atoms with Gasteiger partial charge in [0.25, 0.3) is 5.69 Å². The molecule has 17 heavy (non-hydrogen) atoms. The monoisotopic (exact) mass is 269 g/mol. The van der Waals surface area contributed by atoms with Gasteiger partial charge in [-0.15, -0.1) is 11.3 Å². The van der Waals surface area contributed by atoms with Crippen molar-refractivity contribution in [3.8, 4) is 0 Å². The van der Waals surface area contributed by atoms with Crippen LogP contribution in [0.2, 0.25) is 0 Å². The van der Waals surface area contributed by atoms with Crippen molar-refractivity contribution in [1.82, 2.24) is 0 Å². The second kappa shape index (κ2) is 4.27. The predicted octanol–water partition coefficient (Wildman–Crippen LogP) is 2.49. The first-order valence-electron chi connectivity index (χ1n) is 4.55. The highest BCUT2D eigenvalue weighted by molar-refractivity contribution is 7.93. The van der Waals surface area contributed by atoms with Gasteiger partial charge in [-0.1, -0.05) is 18.2 Å². The summed E-state index contributed by atoms with van der Waals surface area (Å²) in [7, 11) is -3.79. The van der Waals surface area contributed by atoms with Crippen molar-refractivity contribution in [2.75, 3.05) is 0 Å². The van der Waals surface area contributed by atoms with Gasteiger partial charge < -0.3 is 0 Å². The maximum atomic E-state index is 12.1. The van der Waals surface area contributed by atoms with Crippen LogP contribution >= 0.6 is 11.3 Å². The molecule has 0 aliphatic carbocycles. The number of rotatable bonds is 3. The van der Waals surface area contributed by atoms with Gasteiger partial charge in [0, 0.05) is 6.07 Å². The molecule has 0 fully saturated rings. The van der Waals surface area contributed by atoms with Gasteiger partial charge in [-0.3, -0.25) is 10.1 Å². The molecule has 88 valence electrons. The van der Waals surface area contributed by atoms with E-state index in [-0.39, 0.29) is 14.8 Å². The molecule has 0 aliphatic heterocycles. The van der Waals surface area contributed by atoms with E-state index in [9.17, 15) is 18.5 Å². The smallest absolute Gasteiger partial charge is 0.258 e. The molecule has 0 amide bonds. The van der Waals surface area contributed by atoms with Crippen LogP contribution in [0.25, 0.3) is 0 Å². The van der Waals surface area contributed by atoms with Crippen molar-refractivity contribution in [1.29, 1.82) is 0 Å². The zero-order chi connectivity index (χ0) is 12.5. The molecule has 7 heteroatoms. The average Bonchev–Trinajstić information content (AvgIpc) is 2.80. The van der Waals surface area contributed by atoms with Crippen LogP contribution < -0.4 is 0 Å². The predicted molar refractivity (Wildman–Crippen MR) is 62.9 cm³/mol. The van der Waals surface area contributed by atoms with Gasteiger partial charge in [0.05, 0.1) is 9.82 Å². The minimum absolute atomic E-state index is 0.0607. The number of hydrogen-bond acceptors (Lipinski definition) is 5. The minimum atomic E-state index is -3.79. The lowest BCUT2D eigenvalue weighted by Crippen LogP contribution is -2.02. The lowest BCUT2D eigenvalue weighted by molar-refractivity contribution is -0.387. The molecule has 0 aliphatic rings. The highest BCUT2D eigenvalue weighted by Gasteiger charge is 2.28. The zero-order valence-electron chi connectivity index (χ0n) is 8.44. The van der Waals surface area contributed by atoms with Crippen molar-refractivity contribution < 1.29 is 13.3 Å². The van der Waals surface area contributed by atoms with Gasteiger partial charge in [0.1, 0.15) is 0 Å². The largest absolute Gasteiger partial charge is 0.299 e. The number of sulfone groups is 1. The molecular formula is C10H7NO4S2. The summed E-state index contributed by atoms with van der Waals surface area (Å²) in [6.45, 7) is 0. The third kappa shape index (κ3) is 2.06. The molecule has 0 unspecified atom stereocenters. The van der Waals surface area contributed by atoms with Gasteiger partial charge in [-0.2, -0.15) is 0 Å². The second-order valence-electron chi connectivity index (χ2n) is 3.17. The first kappa shape index (κ1) is 11.7. The molecule has 0 bridgehead atoms. The van der Waals surface area contributed by atoms with Crippen molar-refractivity contribution in [2.45, 2.75) is 9.10 Å². The average molecular weight is 269 g/mol. The summed E-state index contributed by atoms with van der Waals surface area (Å²) < 4.78 is 24.0. The summed E-state index contributed by atoms with van der Waals surface area (Å²) in [4.78, 5) is 10.1. The van der Waals surface area contributed by atoms with E-state index in [2.05, 4.69) is 0 Å². The van der Waals surface area contributed by atoms with Gasteiger partial charge in [0.2, 0.25) is 14.0 Å². The van der Waals surface area contributed by atoms with E-state index < -0.39 is 14.8 Å². The Labute approximate surface area is 101 Å². The minimum Gasteiger partial charge on any atom is -0.258 e. The molecule has 0 saturated heterocycles. The van der Waals surface area contributed by atoms with E-state index in [0.717, 1.165) is 11.3 Å². The van der Waals surface area contributed by atoms with Crippen molar-refractivity contribution in [3.05, 3.63) is 51.9 Å². The quantitative estimate of drug-likeness (QED) is 0.633. The topological polar surface area (TPSA) is 77.3 Å².